The molecule has 9 amide bonds. The van der Waals surface area contributed by atoms with Crippen LogP contribution in [0.25, 0.3) is 25.9 Å². The van der Waals surface area contributed by atoms with Gasteiger partial charge in [0.15, 0.2) is 5.82 Å². The van der Waals surface area contributed by atoms with Crippen molar-refractivity contribution in [2.45, 2.75) is 203 Å². The van der Waals surface area contributed by atoms with Gasteiger partial charge in [0.1, 0.15) is 54.2 Å². The zero-order chi connectivity index (χ0) is 96.3. The number of amides is 9. The van der Waals surface area contributed by atoms with E-state index < -0.39 is 82.8 Å². The van der Waals surface area contributed by atoms with Crippen LogP contribution in [-0.2, 0) is 52.6 Å². The highest BCUT2D eigenvalue weighted by molar-refractivity contribution is 7.15. The number of aliphatic hydroxyl groups excluding tert-OH is 2. The summed E-state index contributed by atoms with van der Waals surface area (Å²) < 4.78 is 13.3. The predicted molar refractivity (Wildman–Crippen MR) is 521 cm³/mol. The minimum Gasteiger partial charge on any atom is -0.391 e. The number of halogens is 1. The molecule has 0 radical (unpaired) electrons. The van der Waals surface area contributed by atoms with E-state index in [2.05, 4.69) is 82.5 Å². The van der Waals surface area contributed by atoms with E-state index in [0.717, 1.165) is 99.1 Å². The number of thiazole rings is 2. The number of β-amino-alcohol motifs (C(OH)–C–C–N with tert-alkyl or cyclic N) is 2. The van der Waals surface area contributed by atoms with Gasteiger partial charge in [-0.3, -0.25) is 52.7 Å². The summed E-state index contributed by atoms with van der Waals surface area (Å²) in [5, 5.41) is 46.7. The van der Waals surface area contributed by atoms with Crippen LogP contribution in [0.1, 0.15) is 198 Å². The second-order valence-electron chi connectivity index (χ2n) is 37.5. The van der Waals surface area contributed by atoms with Gasteiger partial charge in [0.05, 0.1) is 101 Å². The Morgan fingerprint density at radius 1 is 0.515 bits per heavy atom. The molecule has 9 aromatic rings. The molecular weight excluding hydrogens is 1780 g/mol. The number of hydrogen-bond acceptors (Lipinski definition) is 24. The van der Waals surface area contributed by atoms with Gasteiger partial charge in [-0.25, -0.2) is 9.97 Å². The maximum absolute atomic E-state index is 14.2. The number of carbonyl (C=O) groups is 9. The maximum atomic E-state index is 14.2. The molecule has 4 aromatic heterocycles. The number of piperazine rings is 2. The SMILES string of the molecule is Cc1ncsc1-c1ccc([C@H](C)NC(=O)[C@@H]2C[C@@H](O)CN2C(=O)[C@@H](NC(=O)COCCC(=O)N2CCN(c3ccc([C@H](C)N)cc3)CC2)C(C)(C)C)cc1.Cc1ncsc1-c1ccc([C@H](C)NC(=O)[C@@H]2C[C@@H](O)CN2C(=O)[C@@H](NC(=O)COCCC(=O)N2CCN(c3ccc([C@H](C)NC(=O)C[C@@H]4N=C(c5ccc(Cl)cc5)c5c(sc(C)c5C)-n5c(C)nnc54)cc3)CC2)C(C)(C)C)cc1. The summed E-state index contributed by atoms with van der Waals surface area (Å²) in [6.07, 6.45) is -1.35. The van der Waals surface area contributed by atoms with Crippen LogP contribution in [0.5, 0.6) is 0 Å². The number of aliphatic hydroxyl groups is 2. The van der Waals surface area contributed by atoms with Crippen molar-refractivity contribution in [3.63, 3.8) is 0 Å². The van der Waals surface area contributed by atoms with Gasteiger partial charge >= 0.3 is 0 Å². The third kappa shape index (κ3) is 24.5. The topological polar surface area (TPSA) is 387 Å². The summed E-state index contributed by atoms with van der Waals surface area (Å²) in [6, 6.07) is 34.2. The monoisotopic (exact) mass is 1900 g/mol. The lowest BCUT2D eigenvalue weighted by molar-refractivity contribution is -0.144. The Bertz CT molecular complexity index is 5680. The van der Waals surface area contributed by atoms with E-state index in [1.54, 1.807) is 38.9 Å². The van der Waals surface area contributed by atoms with Crippen molar-refractivity contribution in [2.75, 3.05) is 102 Å². The number of likely N-dealkylation sites (tertiary alicyclic amines) is 2. The van der Waals surface area contributed by atoms with Crippen molar-refractivity contribution in [3.8, 4) is 25.9 Å². The van der Waals surface area contributed by atoms with Gasteiger partial charge in [0, 0.05) is 117 Å². The zero-order valence-corrected chi connectivity index (χ0v) is 82.1. The summed E-state index contributed by atoms with van der Waals surface area (Å²) in [4.78, 5) is 150. The normalized spacial score (nSPS) is 18.7. The molecule has 0 bridgehead atoms. The quantitative estimate of drug-likeness (QED) is 0.0194. The van der Waals surface area contributed by atoms with Crippen LogP contribution in [0.3, 0.4) is 0 Å². The van der Waals surface area contributed by atoms with Gasteiger partial charge in [-0.15, -0.1) is 44.2 Å². The number of aliphatic imine (C=N–C) groups is 1. The van der Waals surface area contributed by atoms with Gasteiger partial charge in [-0.1, -0.05) is 138 Å². The lowest BCUT2D eigenvalue weighted by Crippen LogP contribution is -2.58. The molecule has 0 unspecified atom stereocenters. The predicted octanol–water partition coefficient (Wildman–Crippen LogP) is 11.5. The molecule has 9 heterocycles. The number of nitrogens with one attached hydrogen (secondary N) is 5. The molecular formula is C99H125ClN18O13S3. The van der Waals surface area contributed by atoms with Gasteiger partial charge in [-0.2, -0.15) is 0 Å². The highest BCUT2D eigenvalue weighted by Gasteiger charge is 2.47. The lowest BCUT2D eigenvalue weighted by Gasteiger charge is -2.36. The first-order chi connectivity index (χ1) is 63.8. The van der Waals surface area contributed by atoms with Gasteiger partial charge < -0.3 is 81.4 Å². The fourth-order valence-corrected chi connectivity index (χ4v) is 20.4. The van der Waals surface area contributed by atoms with Crippen molar-refractivity contribution in [2.24, 2.45) is 21.6 Å². The van der Waals surface area contributed by atoms with Crippen molar-refractivity contribution < 1.29 is 62.8 Å². The van der Waals surface area contributed by atoms with E-state index >= 15 is 0 Å². The molecule has 134 heavy (non-hydrogen) atoms. The first kappa shape index (κ1) is 100. The molecule has 31 nitrogen and oxygen atoms in total. The smallest absolute Gasteiger partial charge is 0.246 e. The molecule has 35 heteroatoms. The molecule has 11 atom stereocenters. The number of nitrogens with two attached hydrogens (primary N) is 1. The van der Waals surface area contributed by atoms with Gasteiger partial charge in [-0.05, 0) is 148 Å². The number of thiophene rings is 1. The van der Waals surface area contributed by atoms with E-state index in [9.17, 15) is 53.4 Å². The molecule has 14 rings (SSSR count). The first-order valence-corrected chi connectivity index (χ1v) is 48.7. The number of nitrogens with zero attached hydrogens (tertiary/aromatic N) is 12. The molecule has 714 valence electrons. The average molecular weight is 1910 g/mol. The van der Waals surface area contributed by atoms with Crippen LogP contribution in [0.4, 0.5) is 11.4 Å². The van der Waals surface area contributed by atoms with Crippen LogP contribution < -0.4 is 42.1 Å². The van der Waals surface area contributed by atoms with Gasteiger partial charge in [0.25, 0.3) is 0 Å². The van der Waals surface area contributed by atoms with Gasteiger partial charge in [0.2, 0.25) is 53.2 Å². The number of fused-ring (bicyclic) bond motifs is 3. The van der Waals surface area contributed by atoms with E-state index in [1.165, 1.54) is 14.7 Å². The van der Waals surface area contributed by atoms with Crippen molar-refractivity contribution in [3.05, 3.63) is 204 Å². The molecule has 4 saturated heterocycles. The molecule has 0 spiro atoms. The number of ether oxygens (including phenoxy) is 2. The molecule has 5 aromatic carbocycles. The Morgan fingerprint density at radius 3 is 1.32 bits per heavy atom. The summed E-state index contributed by atoms with van der Waals surface area (Å²) in [5.41, 5.74) is 21.8. The number of anilines is 2. The second kappa shape index (κ2) is 44.1. The van der Waals surface area contributed by atoms with Crippen molar-refractivity contribution in [1.82, 2.24) is 70.9 Å². The third-order valence-corrected chi connectivity index (χ3v) is 28.8. The third-order valence-electron chi connectivity index (χ3n) is 25.4. The van der Waals surface area contributed by atoms with Crippen LogP contribution in [0, 0.1) is 45.4 Å². The highest BCUT2D eigenvalue weighted by Crippen LogP contribution is 2.41. The Kier molecular flexibility index (Phi) is 33.0. The average Bonchev–Trinajstić information content (AvgIpc) is 1.58. The van der Waals surface area contributed by atoms with Crippen LogP contribution in [-0.4, -0.2) is 242 Å². The van der Waals surface area contributed by atoms with Crippen LogP contribution >= 0.6 is 45.6 Å². The molecule has 0 saturated carbocycles. The van der Waals surface area contributed by atoms with E-state index in [0.29, 0.717) is 63.2 Å². The summed E-state index contributed by atoms with van der Waals surface area (Å²) in [5.74, 6) is -1.70. The van der Waals surface area contributed by atoms with E-state index in [4.69, 9.17) is 31.8 Å². The molecule has 4 fully saturated rings. The van der Waals surface area contributed by atoms with E-state index in [-0.39, 0.29) is 119 Å². The first-order valence-electron chi connectivity index (χ1n) is 45.8. The fourth-order valence-electron chi connectivity index (χ4n) is 17.5. The summed E-state index contributed by atoms with van der Waals surface area (Å²) in [6.45, 7) is 32.8. The summed E-state index contributed by atoms with van der Waals surface area (Å²) >= 11 is 11.1. The molecule has 5 aliphatic heterocycles. The Hall–Kier alpha value is -11.2. The Balaban J connectivity index is 0.000000246. The highest BCUT2D eigenvalue weighted by atomic mass is 35.5. The number of aryl methyl sites for hydroxylation is 4. The second-order valence-corrected chi connectivity index (χ2v) is 40.8. The van der Waals surface area contributed by atoms with Crippen LogP contribution in [0.2, 0.25) is 5.02 Å². The lowest BCUT2D eigenvalue weighted by atomic mass is 9.85. The number of rotatable bonds is 30. The number of aromatic nitrogens is 5. The Morgan fingerprint density at radius 2 is 0.918 bits per heavy atom. The number of benzene rings is 5. The van der Waals surface area contributed by atoms with E-state index in [1.807, 2.05) is 220 Å². The zero-order valence-electron chi connectivity index (χ0n) is 78.9. The fraction of sp³-hybridized carbons (Fsp3) is 0.475. The maximum Gasteiger partial charge on any atom is 0.246 e. The molecule has 5 aliphatic rings. The largest absolute Gasteiger partial charge is 0.391 e. The minimum absolute atomic E-state index is 0.0119. The Labute approximate surface area is 800 Å². The minimum atomic E-state index is -1.02. The standard InChI is InChI=1S/C59H70ClN11O7S2.C40H55N7O6S/c1-33-37(5)80-58-51(33)52(41-14-18-43(60)19-15-41)64-46(55-67-66-38(6)71(55)58)29-48(73)62-34(2)40-16-20-44(21-17-40)68-23-25-69(26-24-68)50(75)22-27-78-31-49(74)65-54(59(7,8)9)57(77)70-30-45(72)28-47(70)56(76)63-35(3)39-10-12-42(13-11-39)53-36(4)61-32-79-53;1-25(41)28-11-13-31(14-12-28)45-16-18-46(19-17-45)35(50)15-20-53-23-34(49)44-37(40(4,5)6)39(52)47-22-32(48)21-33(47)38(51)43-26(2)29-7-9-30(10-8-29)36-27(3)42-24-54-36/h10-21,32,34-35,45-47,54,72H,22-31H2,1-9H3,(H,62,73)(H,63,76)(H,65,74);7-14,24-26,32-33,37,48H,15-23,41H2,1-6H3,(H,43,51)(H,44,49)/t34-,35-,45+,46-,47-,54+;25-,26-,32+,33-,37+/m00/s1. The van der Waals surface area contributed by atoms with Crippen LogP contribution in [0.15, 0.2) is 137 Å². The van der Waals surface area contributed by atoms with Crippen molar-refractivity contribution >= 4 is 116 Å². The number of hydrogen-bond donors (Lipinski definition) is 8. The molecule has 9 N–H and O–H groups in total. The number of carbonyl (C=O) groups excluding carboxylic acids is 9. The molecule has 0 aliphatic carbocycles. The summed E-state index contributed by atoms with van der Waals surface area (Å²) in [7, 11) is 0. The van der Waals surface area contributed by atoms with Crippen molar-refractivity contribution in [1.29, 1.82) is 0 Å².